The third-order valence-corrected chi connectivity index (χ3v) is 15.7. The molecule has 0 rings (SSSR count). The van der Waals surface area contributed by atoms with Crippen molar-refractivity contribution in [2.45, 2.75) is 335 Å². The predicted molar refractivity (Wildman–Crippen MR) is 321 cm³/mol. The first-order chi connectivity index (χ1) is 36.5. The van der Waals surface area contributed by atoms with Gasteiger partial charge in [-0.3, -0.25) is 18.6 Å². The van der Waals surface area contributed by atoms with Crippen LogP contribution >= 0.6 is 7.82 Å². The van der Waals surface area contributed by atoms with Crippen LogP contribution in [-0.4, -0.2) is 74.9 Å². The van der Waals surface area contributed by atoms with Gasteiger partial charge in [-0.05, 0) is 44.9 Å². The molecular formula is C65H127NO8P+. The number of phosphoric ester groups is 1. The molecule has 0 aliphatic heterocycles. The van der Waals surface area contributed by atoms with Crippen LogP contribution in [0.1, 0.15) is 328 Å². The Morgan fingerprint density at radius 3 is 1.05 bits per heavy atom. The number of carbonyl (C=O) groups excluding carboxylic acids is 2. The van der Waals surface area contributed by atoms with Crippen LogP contribution in [0.5, 0.6) is 0 Å². The van der Waals surface area contributed by atoms with Crippen molar-refractivity contribution in [1.29, 1.82) is 0 Å². The quantitative estimate of drug-likeness (QED) is 0.0211. The molecule has 0 aliphatic rings. The third kappa shape index (κ3) is 61.6. The Morgan fingerprint density at radius 1 is 0.413 bits per heavy atom. The lowest BCUT2D eigenvalue weighted by atomic mass is 10.0. The molecular weight excluding hydrogens is 954 g/mol. The molecule has 0 amide bonds. The third-order valence-electron chi connectivity index (χ3n) is 14.7. The Labute approximate surface area is 466 Å². The minimum absolute atomic E-state index is 0.0354. The van der Waals surface area contributed by atoms with E-state index in [9.17, 15) is 19.0 Å². The molecule has 1 N–H and O–H groups in total. The molecule has 0 aromatic carbocycles. The maximum absolute atomic E-state index is 12.9. The lowest BCUT2D eigenvalue weighted by molar-refractivity contribution is -0.870. The highest BCUT2D eigenvalue weighted by molar-refractivity contribution is 7.47. The SMILES string of the molecule is CCCCCCC/C=C\C/C=C\CCCCCCCCCCCCCCCCCCCC(=O)OC(COC(=O)CCCCCCCCCCCCCCCCCCCCCCCC)COP(=O)(O)OCC[N+](C)(C)C. The van der Waals surface area contributed by atoms with Gasteiger partial charge < -0.3 is 18.9 Å². The van der Waals surface area contributed by atoms with Crippen molar-refractivity contribution in [3.05, 3.63) is 24.3 Å². The molecule has 0 saturated heterocycles. The highest BCUT2D eigenvalue weighted by atomic mass is 31.2. The van der Waals surface area contributed by atoms with Gasteiger partial charge in [0.05, 0.1) is 27.7 Å². The van der Waals surface area contributed by atoms with Crippen LogP contribution in [-0.2, 0) is 32.7 Å². The zero-order chi connectivity index (χ0) is 54.9. The number of hydrogen-bond acceptors (Lipinski definition) is 7. The minimum atomic E-state index is -4.38. The van der Waals surface area contributed by atoms with Crippen molar-refractivity contribution in [2.24, 2.45) is 0 Å². The maximum Gasteiger partial charge on any atom is 0.472 e. The van der Waals surface area contributed by atoms with Gasteiger partial charge in [-0.2, -0.15) is 0 Å². The second-order valence-electron chi connectivity index (χ2n) is 23.5. The molecule has 444 valence electrons. The summed E-state index contributed by atoms with van der Waals surface area (Å²) in [4.78, 5) is 35.8. The van der Waals surface area contributed by atoms with Crippen molar-refractivity contribution < 1.29 is 42.1 Å². The molecule has 0 fully saturated rings. The predicted octanol–water partition coefficient (Wildman–Crippen LogP) is 20.5. The van der Waals surface area contributed by atoms with E-state index in [4.69, 9.17) is 18.5 Å². The molecule has 0 aromatic heterocycles. The van der Waals surface area contributed by atoms with E-state index in [0.29, 0.717) is 23.9 Å². The van der Waals surface area contributed by atoms with Gasteiger partial charge in [-0.15, -0.1) is 0 Å². The largest absolute Gasteiger partial charge is 0.472 e. The Hall–Kier alpha value is -1.51. The first kappa shape index (κ1) is 73.5. The second kappa shape index (κ2) is 57.2. The van der Waals surface area contributed by atoms with Gasteiger partial charge in [-0.25, -0.2) is 4.57 Å². The number of quaternary nitrogens is 1. The van der Waals surface area contributed by atoms with Crippen LogP contribution in [0.2, 0.25) is 0 Å². The fourth-order valence-corrected chi connectivity index (χ4v) is 10.4. The van der Waals surface area contributed by atoms with Gasteiger partial charge in [0.25, 0.3) is 0 Å². The van der Waals surface area contributed by atoms with E-state index in [1.165, 1.54) is 257 Å². The molecule has 0 aliphatic carbocycles. The number of nitrogens with zero attached hydrogens (tertiary/aromatic N) is 1. The number of allylic oxidation sites excluding steroid dienone is 4. The van der Waals surface area contributed by atoms with Crippen LogP contribution in [0.15, 0.2) is 24.3 Å². The van der Waals surface area contributed by atoms with Gasteiger partial charge in [-0.1, -0.05) is 295 Å². The normalized spacial score (nSPS) is 13.3. The van der Waals surface area contributed by atoms with Crippen molar-refractivity contribution in [2.75, 3.05) is 47.5 Å². The second-order valence-corrected chi connectivity index (χ2v) is 25.0. The van der Waals surface area contributed by atoms with Gasteiger partial charge in [0.15, 0.2) is 6.10 Å². The summed E-state index contributed by atoms with van der Waals surface area (Å²) in [5.74, 6) is -0.775. The summed E-state index contributed by atoms with van der Waals surface area (Å²) in [5.41, 5.74) is 0. The standard InChI is InChI=1S/C65H126NO8P/c1-6-8-10-12-14-16-18-20-22-24-26-28-30-31-32-33-34-35-36-38-40-42-44-46-48-50-52-54-56-58-65(68)74-63(62-73-75(69,70)72-60-59-66(3,4)5)61-71-64(67)57-55-53-51-49-47-45-43-41-39-37-29-27-25-23-21-19-17-15-13-11-9-7-2/h18,20,24,26,63H,6-17,19,21-23,25,27-62H2,1-5H3/p+1/b20-18-,26-24-. The summed E-state index contributed by atoms with van der Waals surface area (Å²) >= 11 is 0. The molecule has 0 spiro atoms. The first-order valence-electron chi connectivity index (χ1n) is 32.6. The lowest BCUT2D eigenvalue weighted by Gasteiger charge is -2.24. The number of carbonyl (C=O) groups is 2. The van der Waals surface area contributed by atoms with Crippen molar-refractivity contribution in [3.63, 3.8) is 0 Å². The molecule has 10 heteroatoms. The molecule has 75 heavy (non-hydrogen) atoms. The van der Waals surface area contributed by atoms with Crippen molar-refractivity contribution in [3.8, 4) is 0 Å². The summed E-state index contributed by atoms with van der Waals surface area (Å²) < 4.78 is 34.7. The molecule has 2 unspecified atom stereocenters. The van der Waals surface area contributed by atoms with E-state index >= 15 is 0 Å². The van der Waals surface area contributed by atoms with Crippen LogP contribution in [0.4, 0.5) is 0 Å². The Balaban J connectivity index is 4.04. The Morgan fingerprint density at radius 2 is 0.720 bits per heavy atom. The van der Waals surface area contributed by atoms with E-state index in [2.05, 4.69) is 38.2 Å². The molecule has 0 bridgehead atoms. The first-order valence-corrected chi connectivity index (χ1v) is 34.1. The van der Waals surface area contributed by atoms with Crippen molar-refractivity contribution >= 4 is 19.8 Å². The van der Waals surface area contributed by atoms with Crippen LogP contribution in [0, 0.1) is 0 Å². The number of likely N-dealkylation sites (N-methyl/N-ethyl adjacent to an activating group) is 1. The van der Waals surface area contributed by atoms with Crippen LogP contribution < -0.4 is 0 Å². The molecule has 0 aromatic rings. The smallest absolute Gasteiger partial charge is 0.462 e. The van der Waals surface area contributed by atoms with E-state index < -0.39 is 26.5 Å². The van der Waals surface area contributed by atoms with Crippen LogP contribution in [0.3, 0.4) is 0 Å². The van der Waals surface area contributed by atoms with Gasteiger partial charge >= 0.3 is 19.8 Å². The van der Waals surface area contributed by atoms with Crippen LogP contribution in [0.25, 0.3) is 0 Å². The summed E-state index contributed by atoms with van der Waals surface area (Å²) in [6, 6.07) is 0. The van der Waals surface area contributed by atoms with Crippen molar-refractivity contribution in [1.82, 2.24) is 0 Å². The summed E-state index contributed by atoms with van der Waals surface area (Å²) in [7, 11) is 1.50. The average Bonchev–Trinajstić information content (AvgIpc) is 3.37. The number of phosphoric acid groups is 1. The molecule has 2 atom stereocenters. The zero-order valence-electron chi connectivity index (χ0n) is 50.6. The maximum atomic E-state index is 12.9. The number of esters is 2. The number of unbranched alkanes of at least 4 members (excludes halogenated alkanes) is 43. The summed E-state index contributed by atoms with van der Waals surface area (Å²) in [6.45, 7) is 4.49. The van der Waals surface area contributed by atoms with E-state index in [-0.39, 0.29) is 25.6 Å². The molecule has 0 radical (unpaired) electrons. The number of rotatable bonds is 61. The summed E-state index contributed by atoms with van der Waals surface area (Å²) in [5, 5.41) is 0. The highest BCUT2D eigenvalue weighted by Crippen LogP contribution is 2.43. The fourth-order valence-electron chi connectivity index (χ4n) is 9.70. The monoisotopic (exact) mass is 1080 g/mol. The number of ether oxygens (including phenoxy) is 2. The minimum Gasteiger partial charge on any atom is -0.462 e. The van der Waals surface area contributed by atoms with E-state index in [1.807, 2.05) is 21.1 Å². The van der Waals surface area contributed by atoms with Gasteiger partial charge in [0.2, 0.25) is 0 Å². The highest BCUT2D eigenvalue weighted by Gasteiger charge is 2.27. The van der Waals surface area contributed by atoms with Gasteiger partial charge in [0.1, 0.15) is 19.8 Å². The molecule has 9 nitrogen and oxygen atoms in total. The fraction of sp³-hybridized carbons (Fsp3) is 0.908. The molecule has 0 heterocycles. The Bertz CT molecular complexity index is 1320. The topological polar surface area (TPSA) is 108 Å². The van der Waals surface area contributed by atoms with E-state index in [0.717, 1.165) is 38.5 Å². The van der Waals surface area contributed by atoms with E-state index in [1.54, 1.807) is 0 Å². The Kier molecular flexibility index (Phi) is 56.0. The van der Waals surface area contributed by atoms with Gasteiger partial charge in [0, 0.05) is 12.8 Å². The lowest BCUT2D eigenvalue weighted by Crippen LogP contribution is -2.37. The average molecular weight is 1080 g/mol. The zero-order valence-corrected chi connectivity index (χ0v) is 51.5. The molecule has 0 saturated carbocycles. The summed E-state index contributed by atoms with van der Waals surface area (Å²) in [6.07, 6.45) is 69.8. The number of hydrogen-bond donors (Lipinski definition) is 1.